The lowest BCUT2D eigenvalue weighted by Crippen LogP contribution is -2.37. The first kappa shape index (κ1) is 13.9. The number of hydrogen-bond donors (Lipinski definition) is 0. The van der Waals surface area contributed by atoms with Crippen LogP contribution in [0.1, 0.15) is 35.8 Å². The standard InChI is InChI=1S/C14H17BrClNO/c1-10-5-6-11(9-12(10)15)13(16)14(18)17-7-3-2-4-8-17/h5-6,9,13H,2-4,7-8H2,1H3. The van der Waals surface area contributed by atoms with Gasteiger partial charge in [-0.05, 0) is 43.4 Å². The lowest BCUT2D eigenvalue weighted by Gasteiger charge is -2.28. The molecule has 0 aliphatic carbocycles. The van der Waals surface area contributed by atoms with E-state index in [2.05, 4.69) is 15.9 Å². The van der Waals surface area contributed by atoms with Gasteiger partial charge in [-0.2, -0.15) is 0 Å². The number of nitrogens with zero attached hydrogens (tertiary/aromatic N) is 1. The molecule has 2 rings (SSSR count). The fourth-order valence-electron chi connectivity index (χ4n) is 2.18. The molecule has 98 valence electrons. The van der Waals surface area contributed by atoms with Crippen molar-refractivity contribution in [2.24, 2.45) is 0 Å². The first-order valence-electron chi connectivity index (χ1n) is 6.28. The zero-order valence-electron chi connectivity index (χ0n) is 10.5. The Morgan fingerprint density at radius 1 is 1.33 bits per heavy atom. The molecule has 0 spiro atoms. The van der Waals surface area contributed by atoms with Crippen molar-refractivity contribution in [3.05, 3.63) is 33.8 Å². The second-order valence-electron chi connectivity index (χ2n) is 4.76. The van der Waals surface area contributed by atoms with E-state index in [4.69, 9.17) is 11.6 Å². The monoisotopic (exact) mass is 329 g/mol. The Bertz CT molecular complexity index is 443. The molecule has 1 saturated heterocycles. The van der Waals surface area contributed by atoms with Crippen LogP contribution in [0.15, 0.2) is 22.7 Å². The van der Waals surface area contributed by atoms with Crippen LogP contribution in [0, 0.1) is 6.92 Å². The van der Waals surface area contributed by atoms with Gasteiger partial charge in [-0.3, -0.25) is 4.79 Å². The summed E-state index contributed by atoms with van der Waals surface area (Å²) in [4.78, 5) is 14.2. The van der Waals surface area contributed by atoms with Crippen LogP contribution in [0.2, 0.25) is 0 Å². The van der Waals surface area contributed by atoms with E-state index < -0.39 is 5.38 Å². The van der Waals surface area contributed by atoms with Crippen LogP contribution in [0.3, 0.4) is 0 Å². The summed E-state index contributed by atoms with van der Waals surface area (Å²) in [5.74, 6) is 0.0344. The van der Waals surface area contributed by atoms with Crippen LogP contribution in [0.25, 0.3) is 0 Å². The van der Waals surface area contributed by atoms with Crippen molar-refractivity contribution >= 4 is 33.4 Å². The van der Waals surface area contributed by atoms with E-state index in [9.17, 15) is 4.79 Å². The minimum Gasteiger partial charge on any atom is -0.341 e. The number of rotatable bonds is 2. The summed E-state index contributed by atoms with van der Waals surface area (Å²) < 4.78 is 0.997. The molecule has 1 aliphatic heterocycles. The minimum atomic E-state index is -0.569. The molecule has 1 atom stereocenters. The minimum absolute atomic E-state index is 0.0344. The Morgan fingerprint density at radius 3 is 2.61 bits per heavy atom. The van der Waals surface area contributed by atoms with E-state index in [1.807, 2.05) is 30.0 Å². The van der Waals surface area contributed by atoms with Gasteiger partial charge < -0.3 is 4.90 Å². The van der Waals surface area contributed by atoms with Gasteiger partial charge in [0.1, 0.15) is 5.38 Å². The molecule has 0 radical (unpaired) electrons. The number of carbonyl (C=O) groups excluding carboxylic acids is 1. The summed E-state index contributed by atoms with van der Waals surface area (Å²) in [7, 11) is 0. The lowest BCUT2D eigenvalue weighted by atomic mass is 10.1. The maximum atomic E-state index is 12.3. The van der Waals surface area contributed by atoms with Crippen molar-refractivity contribution in [3.8, 4) is 0 Å². The number of aryl methyl sites for hydroxylation is 1. The topological polar surface area (TPSA) is 20.3 Å². The third-order valence-electron chi connectivity index (χ3n) is 3.37. The van der Waals surface area contributed by atoms with Crippen molar-refractivity contribution in [1.29, 1.82) is 0 Å². The van der Waals surface area contributed by atoms with Crippen LogP contribution >= 0.6 is 27.5 Å². The highest BCUT2D eigenvalue weighted by molar-refractivity contribution is 9.10. The molecule has 0 N–H and O–H groups in total. The summed E-state index contributed by atoms with van der Waals surface area (Å²) in [6.07, 6.45) is 3.40. The van der Waals surface area contributed by atoms with E-state index in [0.717, 1.165) is 41.5 Å². The number of halogens is 2. The van der Waals surface area contributed by atoms with Gasteiger partial charge in [0.25, 0.3) is 0 Å². The molecular weight excluding hydrogens is 314 g/mol. The van der Waals surface area contributed by atoms with Crippen LogP contribution in [-0.4, -0.2) is 23.9 Å². The van der Waals surface area contributed by atoms with Gasteiger partial charge in [-0.25, -0.2) is 0 Å². The number of likely N-dealkylation sites (tertiary alicyclic amines) is 1. The van der Waals surface area contributed by atoms with Gasteiger partial charge in [0.05, 0.1) is 0 Å². The molecule has 4 heteroatoms. The highest BCUT2D eigenvalue weighted by atomic mass is 79.9. The molecule has 1 aromatic carbocycles. The number of hydrogen-bond acceptors (Lipinski definition) is 1. The summed E-state index contributed by atoms with van der Waals surface area (Å²) in [6, 6.07) is 5.85. The zero-order valence-corrected chi connectivity index (χ0v) is 12.8. The Hall–Kier alpha value is -0.540. The van der Waals surface area contributed by atoms with Crippen LogP contribution in [0.4, 0.5) is 0 Å². The van der Waals surface area contributed by atoms with E-state index in [1.165, 1.54) is 6.42 Å². The summed E-state index contributed by atoms with van der Waals surface area (Å²) in [6.45, 7) is 3.70. The highest BCUT2D eigenvalue weighted by Gasteiger charge is 2.25. The zero-order chi connectivity index (χ0) is 13.1. The van der Waals surface area contributed by atoms with Crippen molar-refractivity contribution in [2.45, 2.75) is 31.6 Å². The summed E-state index contributed by atoms with van der Waals surface area (Å²) in [5.41, 5.74) is 2.01. The smallest absolute Gasteiger partial charge is 0.245 e. The van der Waals surface area contributed by atoms with E-state index >= 15 is 0 Å². The van der Waals surface area contributed by atoms with Crippen LogP contribution < -0.4 is 0 Å². The molecule has 1 amide bonds. The first-order valence-corrected chi connectivity index (χ1v) is 7.51. The van der Waals surface area contributed by atoms with Gasteiger partial charge in [-0.1, -0.05) is 28.1 Å². The molecule has 2 nitrogen and oxygen atoms in total. The van der Waals surface area contributed by atoms with Crippen LogP contribution in [0.5, 0.6) is 0 Å². The van der Waals surface area contributed by atoms with E-state index in [0.29, 0.717) is 0 Å². The van der Waals surface area contributed by atoms with Gasteiger partial charge in [0.15, 0.2) is 0 Å². The van der Waals surface area contributed by atoms with Gasteiger partial charge in [0, 0.05) is 17.6 Å². The van der Waals surface area contributed by atoms with E-state index in [-0.39, 0.29) is 5.91 Å². The summed E-state index contributed by atoms with van der Waals surface area (Å²) in [5, 5.41) is -0.569. The molecule has 1 fully saturated rings. The molecule has 1 aromatic rings. The molecule has 1 heterocycles. The normalized spacial score (nSPS) is 17.6. The number of benzene rings is 1. The van der Waals surface area contributed by atoms with Gasteiger partial charge in [-0.15, -0.1) is 11.6 Å². The predicted octanol–water partition coefficient (Wildman–Crippen LogP) is 4.05. The average molecular weight is 331 g/mol. The number of piperidine rings is 1. The maximum absolute atomic E-state index is 12.3. The van der Waals surface area contributed by atoms with E-state index in [1.54, 1.807) is 0 Å². The SMILES string of the molecule is Cc1ccc(C(Cl)C(=O)N2CCCCC2)cc1Br. The number of alkyl halides is 1. The highest BCUT2D eigenvalue weighted by Crippen LogP contribution is 2.28. The second kappa shape index (κ2) is 6.07. The average Bonchev–Trinajstić information content (AvgIpc) is 2.41. The molecule has 1 aliphatic rings. The Labute approximate surface area is 121 Å². The Morgan fingerprint density at radius 2 is 2.00 bits per heavy atom. The summed E-state index contributed by atoms with van der Waals surface area (Å²) >= 11 is 9.78. The van der Waals surface area contributed by atoms with Gasteiger partial charge >= 0.3 is 0 Å². The molecular formula is C14H17BrClNO. The third-order valence-corrected chi connectivity index (χ3v) is 4.67. The van der Waals surface area contributed by atoms with Crippen molar-refractivity contribution < 1.29 is 4.79 Å². The Kier molecular flexibility index (Phi) is 4.68. The molecule has 18 heavy (non-hydrogen) atoms. The fourth-order valence-corrected chi connectivity index (χ4v) is 2.85. The quantitative estimate of drug-likeness (QED) is 0.749. The molecule has 0 bridgehead atoms. The van der Waals surface area contributed by atoms with Crippen molar-refractivity contribution in [3.63, 3.8) is 0 Å². The fraction of sp³-hybridized carbons (Fsp3) is 0.500. The molecule has 1 unspecified atom stereocenters. The second-order valence-corrected chi connectivity index (χ2v) is 6.05. The lowest BCUT2D eigenvalue weighted by molar-refractivity contribution is -0.131. The predicted molar refractivity (Wildman–Crippen MR) is 77.9 cm³/mol. The van der Waals surface area contributed by atoms with Crippen LogP contribution in [-0.2, 0) is 4.79 Å². The number of carbonyl (C=O) groups is 1. The first-order chi connectivity index (χ1) is 8.59. The third kappa shape index (κ3) is 3.07. The molecule has 0 saturated carbocycles. The largest absolute Gasteiger partial charge is 0.341 e. The van der Waals surface area contributed by atoms with Crippen molar-refractivity contribution in [2.75, 3.05) is 13.1 Å². The molecule has 0 aromatic heterocycles. The van der Waals surface area contributed by atoms with Crippen molar-refractivity contribution in [1.82, 2.24) is 4.90 Å². The Balaban J connectivity index is 2.11. The maximum Gasteiger partial charge on any atom is 0.245 e. The van der Waals surface area contributed by atoms with Gasteiger partial charge in [0.2, 0.25) is 5.91 Å². The number of amides is 1.